The van der Waals surface area contributed by atoms with Gasteiger partial charge in [-0.3, -0.25) is 9.59 Å². The zero-order valence-electron chi connectivity index (χ0n) is 16.4. The normalized spacial score (nSPS) is 12.0. The first-order chi connectivity index (χ1) is 15.5. The molecule has 1 N–H and O–H groups in total. The molecule has 160 valence electrons. The molecule has 32 heavy (non-hydrogen) atoms. The summed E-state index contributed by atoms with van der Waals surface area (Å²) in [5.41, 5.74) is 1.53. The molecule has 1 aliphatic heterocycles. The summed E-state index contributed by atoms with van der Waals surface area (Å²) in [6.07, 6.45) is 1.51. The second kappa shape index (κ2) is 8.31. The summed E-state index contributed by atoms with van der Waals surface area (Å²) in [6.45, 7) is -0.0387. The number of benzene rings is 2. The fourth-order valence-electron chi connectivity index (χ4n) is 3.17. The first-order valence-corrected chi connectivity index (χ1v) is 10.3. The second-order valence-electron chi connectivity index (χ2n) is 6.93. The van der Waals surface area contributed by atoms with E-state index in [1.165, 1.54) is 16.8 Å². The minimum atomic E-state index is -0.371. The summed E-state index contributed by atoms with van der Waals surface area (Å²) in [7, 11) is 0. The van der Waals surface area contributed by atoms with E-state index < -0.39 is 0 Å². The second-order valence-corrected chi connectivity index (χ2v) is 7.85. The molecular formula is C22H15BrN4O5. The monoisotopic (exact) mass is 494 g/mol. The molecule has 2 aromatic heterocycles. The van der Waals surface area contributed by atoms with Crippen molar-refractivity contribution in [1.29, 1.82) is 0 Å². The molecule has 0 fully saturated rings. The van der Waals surface area contributed by atoms with Gasteiger partial charge in [0.15, 0.2) is 11.5 Å². The number of anilines is 1. The third-order valence-corrected chi connectivity index (χ3v) is 5.26. The minimum Gasteiger partial charge on any atom is -0.454 e. The van der Waals surface area contributed by atoms with Crippen molar-refractivity contribution in [3.8, 4) is 34.3 Å². The van der Waals surface area contributed by atoms with Gasteiger partial charge in [0.25, 0.3) is 11.4 Å². The smallest absolute Gasteiger partial charge is 0.259 e. The number of pyridine rings is 1. The van der Waals surface area contributed by atoms with Gasteiger partial charge in [-0.25, -0.2) is 0 Å². The van der Waals surface area contributed by atoms with Gasteiger partial charge in [0.05, 0.1) is 5.56 Å². The predicted molar refractivity (Wildman–Crippen MR) is 118 cm³/mol. The van der Waals surface area contributed by atoms with Crippen LogP contribution in [0.3, 0.4) is 0 Å². The van der Waals surface area contributed by atoms with E-state index in [2.05, 4.69) is 31.4 Å². The Morgan fingerprint density at radius 3 is 2.66 bits per heavy atom. The standard InChI is InChI=1S/C22H15BrN4O5/c23-15-4-1-13(2-5-15)21-25-22(32-26-21)14-3-8-20(29)27(10-14)11-19(28)24-16-6-7-17-18(9-16)31-12-30-17/h1-10H,11-12H2,(H,24,28). The van der Waals surface area contributed by atoms with Crippen molar-refractivity contribution in [3.05, 3.63) is 75.6 Å². The van der Waals surface area contributed by atoms with E-state index in [1.54, 1.807) is 24.3 Å². The van der Waals surface area contributed by atoms with E-state index in [0.717, 1.165) is 10.0 Å². The highest BCUT2D eigenvalue weighted by Crippen LogP contribution is 2.34. The zero-order chi connectivity index (χ0) is 22.1. The van der Waals surface area contributed by atoms with E-state index in [4.69, 9.17) is 14.0 Å². The fraction of sp³-hybridized carbons (Fsp3) is 0.0909. The molecule has 0 saturated carbocycles. The molecule has 1 amide bonds. The number of aromatic nitrogens is 3. The van der Waals surface area contributed by atoms with E-state index in [0.29, 0.717) is 28.6 Å². The van der Waals surface area contributed by atoms with Gasteiger partial charge in [-0.1, -0.05) is 21.1 Å². The number of fused-ring (bicyclic) bond motifs is 1. The van der Waals surface area contributed by atoms with Crippen molar-refractivity contribution in [2.24, 2.45) is 0 Å². The van der Waals surface area contributed by atoms with Crippen LogP contribution in [0.5, 0.6) is 11.5 Å². The minimum absolute atomic E-state index is 0.147. The van der Waals surface area contributed by atoms with Crippen LogP contribution < -0.4 is 20.3 Å². The van der Waals surface area contributed by atoms with E-state index >= 15 is 0 Å². The molecule has 0 bridgehead atoms. The van der Waals surface area contributed by atoms with Crippen molar-refractivity contribution in [2.45, 2.75) is 6.54 Å². The molecule has 10 heteroatoms. The summed E-state index contributed by atoms with van der Waals surface area (Å²) in [4.78, 5) is 29.2. The van der Waals surface area contributed by atoms with Crippen LogP contribution in [0.25, 0.3) is 22.8 Å². The summed E-state index contributed by atoms with van der Waals surface area (Å²) in [5.74, 6) is 1.47. The number of rotatable bonds is 5. The largest absolute Gasteiger partial charge is 0.454 e. The van der Waals surface area contributed by atoms with Crippen LogP contribution in [-0.2, 0) is 11.3 Å². The van der Waals surface area contributed by atoms with Crippen LogP contribution >= 0.6 is 15.9 Å². The lowest BCUT2D eigenvalue weighted by atomic mass is 10.2. The number of hydrogen-bond acceptors (Lipinski definition) is 7. The van der Waals surface area contributed by atoms with Crippen LogP contribution in [0, 0.1) is 0 Å². The molecule has 9 nitrogen and oxygen atoms in total. The molecule has 0 unspecified atom stereocenters. The highest BCUT2D eigenvalue weighted by atomic mass is 79.9. The zero-order valence-corrected chi connectivity index (χ0v) is 18.0. The average molecular weight is 495 g/mol. The highest BCUT2D eigenvalue weighted by Gasteiger charge is 2.16. The Kier molecular flexibility index (Phi) is 5.20. The number of amides is 1. The quantitative estimate of drug-likeness (QED) is 0.450. The number of halogens is 1. The highest BCUT2D eigenvalue weighted by molar-refractivity contribution is 9.10. The summed E-state index contributed by atoms with van der Waals surface area (Å²) in [5, 5.41) is 6.75. The third-order valence-electron chi connectivity index (χ3n) is 4.73. The Labute approximate surface area is 189 Å². The molecule has 5 rings (SSSR count). The maximum atomic E-state index is 12.5. The van der Waals surface area contributed by atoms with Gasteiger partial charge >= 0.3 is 0 Å². The van der Waals surface area contributed by atoms with Crippen molar-refractivity contribution in [2.75, 3.05) is 12.1 Å². The Morgan fingerprint density at radius 2 is 1.81 bits per heavy atom. The molecule has 0 spiro atoms. The number of hydrogen-bond donors (Lipinski definition) is 1. The molecular weight excluding hydrogens is 480 g/mol. The third kappa shape index (κ3) is 4.12. The van der Waals surface area contributed by atoms with Crippen molar-refractivity contribution in [1.82, 2.24) is 14.7 Å². The summed E-state index contributed by atoms with van der Waals surface area (Å²) in [6, 6.07) is 15.5. The van der Waals surface area contributed by atoms with E-state index in [9.17, 15) is 9.59 Å². The fourth-order valence-corrected chi connectivity index (χ4v) is 3.43. The van der Waals surface area contributed by atoms with Crippen molar-refractivity contribution < 1.29 is 18.8 Å². The first-order valence-electron chi connectivity index (χ1n) is 9.55. The maximum absolute atomic E-state index is 12.5. The molecule has 4 aromatic rings. The molecule has 0 aliphatic carbocycles. The van der Waals surface area contributed by atoms with Gasteiger partial charge < -0.3 is 23.9 Å². The number of nitrogens with zero attached hydrogens (tertiary/aromatic N) is 3. The van der Waals surface area contributed by atoms with Crippen molar-refractivity contribution >= 4 is 27.5 Å². The molecule has 3 heterocycles. The Morgan fingerprint density at radius 1 is 1.03 bits per heavy atom. The Hall–Kier alpha value is -3.92. The molecule has 1 aliphatic rings. The lowest BCUT2D eigenvalue weighted by Crippen LogP contribution is -2.26. The number of carbonyl (C=O) groups is 1. The lowest BCUT2D eigenvalue weighted by molar-refractivity contribution is -0.116. The summed E-state index contributed by atoms with van der Waals surface area (Å²) >= 11 is 3.39. The predicted octanol–water partition coefficient (Wildman–Crippen LogP) is 3.70. The Bertz CT molecular complexity index is 1360. The number of ether oxygens (including phenoxy) is 2. The van der Waals surface area contributed by atoms with Crippen LogP contribution in [0.15, 0.2) is 74.6 Å². The van der Waals surface area contributed by atoms with Gasteiger partial charge in [-0.2, -0.15) is 4.98 Å². The van der Waals surface area contributed by atoms with Gasteiger partial charge in [-0.15, -0.1) is 0 Å². The van der Waals surface area contributed by atoms with Crippen LogP contribution in [0.4, 0.5) is 5.69 Å². The van der Waals surface area contributed by atoms with Gasteiger partial charge in [0.1, 0.15) is 6.54 Å². The van der Waals surface area contributed by atoms with E-state index in [1.807, 2.05) is 24.3 Å². The molecule has 0 saturated heterocycles. The van der Waals surface area contributed by atoms with Crippen molar-refractivity contribution in [3.63, 3.8) is 0 Å². The van der Waals surface area contributed by atoms with Gasteiger partial charge in [0.2, 0.25) is 18.5 Å². The topological polar surface area (TPSA) is 108 Å². The molecule has 0 radical (unpaired) electrons. The number of nitrogens with one attached hydrogen (secondary N) is 1. The van der Waals surface area contributed by atoms with Crippen LogP contribution in [0.1, 0.15) is 0 Å². The maximum Gasteiger partial charge on any atom is 0.259 e. The summed E-state index contributed by atoms with van der Waals surface area (Å²) < 4.78 is 18.1. The van der Waals surface area contributed by atoms with Gasteiger partial charge in [0, 0.05) is 34.1 Å². The SMILES string of the molecule is O=C(Cn1cc(-c2nc(-c3ccc(Br)cc3)no2)ccc1=O)Nc1ccc2c(c1)OCO2. The molecule has 0 atom stereocenters. The first kappa shape index (κ1) is 20.0. The van der Waals surface area contributed by atoms with E-state index in [-0.39, 0.29) is 30.7 Å². The average Bonchev–Trinajstić information content (AvgIpc) is 3.45. The lowest BCUT2D eigenvalue weighted by Gasteiger charge is -2.08. The van der Waals surface area contributed by atoms with Gasteiger partial charge in [-0.05, 0) is 42.5 Å². The molecule has 2 aromatic carbocycles. The number of carbonyl (C=O) groups excluding carboxylic acids is 1. The van der Waals surface area contributed by atoms with Crippen LogP contribution in [-0.4, -0.2) is 27.4 Å². The Balaban J connectivity index is 1.33. The van der Waals surface area contributed by atoms with Crippen LogP contribution in [0.2, 0.25) is 0 Å².